The van der Waals surface area contributed by atoms with Gasteiger partial charge in [0.25, 0.3) is 0 Å². The number of carboxylic acid groups (broad SMARTS) is 1. The van der Waals surface area contributed by atoms with E-state index in [0.29, 0.717) is 5.82 Å². The van der Waals surface area contributed by atoms with Gasteiger partial charge in [-0.2, -0.15) is 5.10 Å². The summed E-state index contributed by atoms with van der Waals surface area (Å²) in [5.41, 5.74) is -0.0809. The number of aromatic nitrogens is 3. The van der Waals surface area contributed by atoms with Gasteiger partial charge in [-0.15, -0.1) is 0 Å². The van der Waals surface area contributed by atoms with Gasteiger partial charge in [-0.05, 0) is 18.9 Å². The van der Waals surface area contributed by atoms with Crippen LogP contribution in [0.15, 0.2) is 17.1 Å². The first kappa shape index (κ1) is 17.7. The zero-order chi connectivity index (χ0) is 20.4. The second-order valence-electron chi connectivity index (χ2n) is 7.37. The van der Waals surface area contributed by atoms with Gasteiger partial charge in [0.1, 0.15) is 17.1 Å². The standard InChI is InChI=1S/C19H17F2N5O3/c1-22-18-10-5-25(7-13(10)23-24-18)16-12(20)4-9-15(14(16)21)26(8-2-3-8)6-11(17(9)27)19(28)29/h4,6,8H,2-3,5,7H2,1H3,(H,28,29)(H2,22,23,24). The Morgan fingerprint density at radius 3 is 2.76 bits per heavy atom. The van der Waals surface area contributed by atoms with Crippen molar-refractivity contribution in [3.05, 3.63) is 50.9 Å². The summed E-state index contributed by atoms with van der Waals surface area (Å²) >= 11 is 0. The van der Waals surface area contributed by atoms with E-state index < -0.39 is 28.6 Å². The maximum absolute atomic E-state index is 15.6. The molecule has 29 heavy (non-hydrogen) atoms. The van der Waals surface area contributed by atoms with Gasteiger partial charge in [-0.1, -0.05) is 0 Å². The predicted molar refractivity (Wildman–Crippen MR) is 101 cm³/mol. The smallest absolute Gasteiger partial charge is 0.341 e. The van der Waals surface area contributed by atoms with Crippen molar-refractivity contribution in [2.45, 2.75) is 32.0 Å². The third kappa shape index (κ3) is 2.51. The quantitative estimate of drug-likeness (QED) is 0.621. The number of rotatable bonds is 4. The van der Waals surface area contributed by atoms with Gasteiger partial charge in [-0.25, -0.2) is 13.6 Å². The molecule has 0 radical (unpaired) electrons. The fourth-order valence-electron chi connectivity index (χ4n) is 4.02. The van der Waals surface area contributed by atoms with Crippen LogP contribution in [-0.2, 0) is 13.1 Å². The van der Waals surface area contributed by atoms with E-state index in [9.17, 15) is 19.1 Å². The number of H-pyrrole nitrogens is 1. The molecule has 1 fully saturated rings. The van der Waals surface area contributed by atoms with Crippen LogP contribution in [0.4, 0.5) is 20.3 Å². The number of nitrogens with zero attached hydrogens (tertiary/aromatic N) is 3. The van der Waals surface area contributed by atoms with Gasteiger partial charge in [0.2, 0.25) is 5.43 Å². The molecule has 2 aromatic heterocycles. The van der Waals surface area contributed by atoms with E-state index in [2.05, 4.69) is 15.5 Å². The van der Waals surface area contributed by atoms with Crippen molar-refractivity contribution in [1.29, 1.82) is 0 Å². The second-order valence-corrected chi connectivity index (χ2v) is 7.37. The summed E-state index contributed by atoms with van der Waals surface area (Å²) in [6.45, 7) is 0.493. The van der Waals surface area contributed by atoms with Crippen LogP contribution < -0.4 is 15.6 Å². The number of carboxylic acids is 1. The average Bonchev–Trinajstić information content (AvgIpc) is 3.33. The minimum Gasteiger partial charge on any atom is -0.477 e. The molecule has 1 saturated carbocycles. The number of carbonyl (C=O) groups is 1. The molecule has 1 aliphatic heterocycles. The Kier molecular flexibility index (Phi) is 3.67. The molecule has 10 heteroatoms. The Bertz CT molecular complexity index is 1250. The van der Waals surface area contributed by atoms with Gasteiger partial charge in [0.05, 0.1) is 23.1 Å². The third-order valence-electron chi connectivity index (χ3n) is 5.56. The number of fused-ring (bicyclic) bond motifs is 2. The van der Waals surface area contributed by atoms with Crippen molar-refractivity contribution < 1.29 is 18.7 Å². The first-order valence-electron chi connectivity index (χ1n) is 9.19. The highest BCUT2D eigenvalue weighted by atomic mass is 19.1. The van der Waals surface area contributed by atoms with Gasteiger partial charge in [0.15, 0.2) is 11.6 Å². The van der Waals surface area contributed by atoms with Crippen LogP contribution in [0.5, 0.6) is 0 Å². The van der Waals surface area contributed by atoms with Crippen LogP contribution in [0.3, 0.4) is 0 Å². The van der Waals surface area contributed by atoms with E-state index in [1.165, 1.54) is 10.8 Å². The number of hydrogen-bond acceptors (Lipinski definition) is 5. The minimum atomic E-state index is -1.42. The molecule has 1 aliphatic carbocycles. The Balaban J connectivity index is 1.71. The lowest BCUT2D eigenvalue weighted by molar-refractivity contribution is 0.0695. The summed E-state index contributed by atoms with van der Waals surface area (Å²) in [6, 6.07) is 0.848. The number of pyridine rings is 1. The molecular weight excluding hydrogens is 384 g/mol. The fourth-order valence-corrected chi connectivity index (χ4v) is 4.02. The summed E-state index contributed by atoms with van der Waals surface area (Å²) < 4.78 is 32.1. The summed E-state index contributed by atoms with van der Waals surface area (Å²) in [6.07, 6.45) is 2.66. The Morgan fingerprint density at radius 2 is 2.10 bits per heavy atom. The van der Waals surface area contributed by atoms with Gasteiger partial charge in [-0.3, -0.25) is 9.89 Å². The topological polar surface area (TPSA) is 103 Å². The molecule has 0 bridgehead atoms. The van der Waals surface area contributed by atoms with E-state index in [-0.39, 0.29) is 35.7 Å². The Labute approximate surface area is 162 Å². The maximum atomic E-state index is 15.6. The van der Waals surface area contributed by atoms with Crippen LogP contribution >= 0.6 is 0 Å². The fraction of sp³-hybridized carbons (Fsp3) is 0.316. The lowest BCUT2D eigenvalue weighted by atomic mass is 10.1. The first-order chi connectivity index (χ1) is 13.9. The van der Waals surface area contributed by atoms with Gasteiger partial charge >= 0.3 is 5.97 Å². The lowest BCUT2D eigenvalue weighted by Gasteiger charge is -2.22. The van der Waals surface area contributed by atoms with E-state index in [0.717, 1.165) is 30.2 Å². The molecule has 1 aromatic carbocycles. The lowest BCUT2D eigenvalue weighted by Crippen LogP contribution is -2.23. The molecule has 3 N–H and O–H groups in total. The number of hydrogen-bond donors (Lipinski definition) is 3. The number of anilines is 2. The molecule has 0 unspecified atom stereocenters. The van der Waals surface area contributed by atoms with Crippen LogP contribution in [0.1, 0.15) is 40.5 Å². The zero-order valence-corrected chi connectivity index (χ0v) is 15.4. The van der Waals surface area contributed by atoms with Crippen LogP contribution in [0, 0.1) is 11.6 Å². The van der Waals surface area contributed by atoms with E-state index in [4.69, 9.17) is 0 Å². The molecule has 0 amide bonds. The highest BCUT2D eigenvalue weighted by molar-refractivity contribution is 5.94. The molecule has 150 valence electrons. The van der Waals surface area contributed by atoms with Gasteiger partial charge < -0.3 is 19.9 Å². The van der Waals surface area contributed by atoms with Crippen LogP contribution in [-0.4, -0.2) is 32.9 Å². The minimum absolute atomic E-state index is 0.0542. The normalized spacial score (nSPS) is 15.8. The van der Waals surface area contributed by atoms with E-state index >= 15 is 4.39 Å². The molecule has 3 heterocycles. The van der Waals surface area contributed by atoms with E-state index in [1.54, 1.807) is 11.9 Å². The summed E-state index contributed by atoms with van der Waals surface area (Å²) in [5.74, 6) is -2.56. The van der Waals surface area contributed by atoms with Crippen molar-refractivity contribution in [1.82, 2.24) is 14.8 Å². The highest BCUT2D eigenvalue weighted by Crippen LogP contribution is 2.41. The number of aromatic carboxylic acids is 1. The molecule has 2 aliphatic rings. The largest absolute Gasteiger partial charge is 0.477 e. The number of nitrogens with one attached hydrogen (secondary N) is 2. The second kappa shape index (κ2) is 6.03. The molecule has 5 rings (SSSR count). The molecule has 0 spiro atoms. The summed E-state index contributed by atoms with van der Waals surface area (Å²) in [7, 11) is 1.71. The Hall–Kier alpha value is -3.43. The molecule has 3 aromatic rings. The molecular formula is C19H17F2N5O3. The summed E-state index contributed by atoms with van der Waals surface area (Å²) in [5, 5.41) is 19.0. The SMILES string of the molecule is CNc1n[nH]c2c1CN(c1c(F)cc3c(=O)c(C(=O)O)cn(C4CC4)c3c1F)C2. The number of halogens is 2. The van der Waals surface area contributed by atoms with Gasteiger partial charge in [0, 0.05) is 31.4 Å². The van der Waals surface area contributed by atoms with Crippen molar-refractivity contribution in [2.24, 2.45) is 0 Å². The van der Waals surface area contributed by atoms with Crippen molar-refractivity contribution in [3.63, 3.8) is 0 Å². The molecule has 8 nitrogen and oxygen atoms in total. The van der Waals surface area contributed by atoms with Crippen molar-refractivity contribution in [3.8, 4) is 0 Å². The monoisotopic (exact) mass is 401 g/mol. The Morgan fingerprint density at radius 1 is 1.34 bits per heavy atom. The number of benzene rings is 1. The average molecular weight is 401 g/mol. The predicted octanol–water partition coefficient (Wildman–Crippen LogP) is 2.60. The third-order valence-corrected chi connectivity index (χ3v) is 5.56. The van der Waals surface area contributed by atoms with Crippen molar-refractivity contribution in [2.75, 3.05) is 17.3 Å². The maximum Gasteiger partial charge on any atom is 0.341 e. The first-order valence-corrected chi connectivity index (χ1v) is 9.19. The summed E-state index contributed by atoms with van der Waals surface area (Å²) in [4.78, 5) is 25.5. The zero-order valence-electron chi connectivity index (χ0n) is 15.4. The van der Waals surface area contributed by atoms with Crippen LogP contribution in [0.2, 0.25) is 0 Å². The molecule has 0 atom stereocenters. The number of aromatic amines is 1. The molecule has 0 saturated heterocycles. The van der Waals surface area contributed by atoms with E-state index in [1.807, 2.05) is 0 Å². The van der Waals surface area contributed by atoms with Crippen LogP contribution in [0.25, 0.3) is 10.9 Å². The van der Waals surface area contributed by atoms with Crippen molar-refractivity contribution >= 4 is 28.4 Å². The highest BCUT2D eigenvalue weighted by Gasteiger charge is 2.33.